The molecule has 1 amide bonds. The van der Waals surface area contributed by atoms with E-state index in [0.717, 1.165) is 17.5 Å². The molecule has 0 aliphatic carbocycles. The predicted molar refractivity (Wildman–Crippen MR) is 102 cm³/mol. The van der Waals surface area contributed by atoms with E-state index in [4.69, 9.17) is 9.94 Å². The molecule has 0 bridgehead atoms. The van der Waals surface area contributed by atoms with Crippen molar-refractivity contribution in [2.24, 2.45) is 0 Å². The topological polar surface area (TPSA) is 83.5 Å². The molecule has 10 heteroatoms. The number of halogens is 3. The molecule has 0 fully saturated rings. The van der Waals surface area contributed by atoms with E-state index in [1.807, 2.05) is 22.6 Å². The van der Waals surface area contributed by atoms with E-state index in [1.165, 1.54) is 18.3 Å². The lowest BCUT2D eigenvalue weighted by molar-refractivity contribution is 0.0172. The van der Waals surface area contributed by atoms with Crippen LogP contribution in [0, 0.1) is 15.2 Å². The van der Waals surface area contributed by atoms with Crippen LogP contribution >= 0.6 is 33.9 Å². The highest BCUT2D eigenvalue weighted by Crippen LogP contribution is 2.38. The lowest BCUT2D eigenvalue weighted by atomic mass is 10.2. The normalized spacial score (nSPS) is 10.9. The summed E-state index contributed by atoms with van der Waals surface area (Å²) in [4.78, 5) is 21.1. The molecule has 136 valence electrons. The van der Waals surface area contributed by atoms with Gasteiger partial charge in [-0.15, -0.1) is 11.3 Å². The average Bonchev–Trinajstić information content (AvgIpc) is 2.98. The monoisotopic (exact) mass is 491 g/mol. The van der Waals surface area contributed by atoms with Gasteiger partial charge in [0.2, 0.25) is 0 Å². The third-order valence-corrected chi connectivity index (χ3v) is 5.19. The highest BCUT2D eigenvalue weighted by atomic mass is 127. The molecule has 0 aliphatic rings. The number of nitrogens with one attached hydrogen (secondary N) is 2. The van der Waals surface area contributed by atoms with Crippen LogP contribution in [0.5, 0.6) is 0 Å². The molecular weight excluding hydrogens is 479 g/mol. The number of nitrogens with zero attached hydrogens (tertiary/aromatic N) is 1. The van der Waals surface area contributed by atoms with Crippen LogP contribution < -0.4 is 10.8 Å². The fraction of sp³-hybridized carbons (Fsp3) is 0.125. The number of aliphatic hydroxyl groups is 1. The van der Waals surface area contributed by atoms with Crippen LogP contribution in [-0.2, 0) is 4.84 Å². The minimum absolute atomic E-state index is 0.0962. The van der Waals surface area contributed by atoms with Crippen molar-refractivity contribution in [3.05, 3.63) is 50.7 Å². The van der Waals surface area contributed by atoms with Gasteiger partial charge in [0, 0.05) is 15.2 Å². The summed E-state index contributed by atoms with van der Waals surface area (Å²) in [5, 5.41) is 11.9. The summed E-state index contributed by atoms with van der Waals surface area (Å²) in [6.07, 6.45) is 2.44. The van der Waals surface area contributed by atoms with Gasteiger partial charge in [-0.25, -0.2) is 14.3 Å². The minimum Gasteiger partial charge on any atom is -0.394 e. The van der Waals surface area contributed by atoms with Crippen molar-refractivity contribution in [1.82, 2.24) is 10.5 Å². The van der Waals surface area contributed by atoms with E-state index < -0.39 is 17.5 Å². The summed E-state index contributed by atoms with van der Waals surface area (Å²) in [5.41, 5.74) is 2.53. The van der Waals surface area contributed by atoms with Crippen LogP contribution in [0.25, 0.3) is 10.1 Å². The number of rotatable bonds is 6. The summed E-state index contributed by atoms with van der Waals surface area (Å²) in [5.74, 6) is -1.75. The number of carbonyl (C=O) groups is 1. The summed E-state index contributed by atoms with van der Waals surface area (Å²) < 4.78 is 29.2. The van der Waals surface area contributed by atoms with Crippen LogP contribution in [-0.4, -0.2) is 29.2 Å². The molecule has 26 heavy (non-hydrogen) atoms. The average molecular weight is 491 g/mol. The molecule has 0 saturated heterocycles. The van der Waals surface area contributed by atoms with Crippen molar-refractivity contribution >= 4 is 61.3 Å². The Hall–Kier alpha value is -1.89. The third kappa shape index (κ3) is 3.92. The number of pyridine rings is 1. The molecule has 3 aromatic rings. The van der Waals surface area contributed by atoms with Gasteiger partial charge in [0.25, 0.3) is 5.91 Å². The second kappa shape index (κ2) is 8.20. The quantitative estimate of drug-likeness (QED) is 0.279. The maximum atomic E-state index is 14.2. The van der Waals surface area contributed by atoms with Crippen molar-refractivity contribution in [3.63, 3.8) is 0 Å². The molecular formula is C16H12F2IN3O3S. The maximum absolute atomic E-state index is 14.2. The van der Waals surface area contributed by atoms with Gasteiger partial charge >= 0.3 is 0 Å². The first-order chi connectivity index (χ1) is 12.5. The molecule has 0 aliphatic heterocycles. The largest absolute Gasteiger partial charge is 0.394 e. The second-order valence-electron chi connectivity index (χ2n) is 5.06. The summed E-state index contributed by atoms with van der Waals surface area (Å²) >= 11 is 2.87. The molecule has 2 heterocycles. The van der Waals surface area contributed by atoms with Crippen LogP contribution in [0.4, 0.5) is 20.2 Å². The number of benzene rings is 1. The van der Waals surface area contributed by atoms with Crippen molar-refractivity contribution in [3.8, 4) is 0 Å². The van der Waals surface area contributed by atoms with Crippen molar-refractivity contribution in [2.75, 3.05) is 18.5 Å². The Balaban J connectivity index is 2.04. The number of anilines is 2. The van der Waals surface area contributed by atoms with Gasteiger partial charge in [0.05, 0.1) is 35.5 Å². The van der Waals surface area contributed by atoms with Gasteiger partial charge in [0.1, 0.15) is 10.7 Å². The molecule has 0 radical (unpaired) electrons. The molecule has 1 aromatic carbocycles. The van der Waals surface area contributed by atoms with E-state index in [0.29, 0.717) is 8.96 Å². The first-order valence-corrected chi connectivity index (χ1v) is 9.22. The lowest BCUT2D eigenvalue weighted by Crippen LogP contribution is -2.24. The Morgan fingerprint density at radius 1 is 1.31 bits per heavy atom. The number of carbonyl (C=O) groups excluding carboxylic acids is 1. The number of hydrogen-bond acceptors (Lipinski definition) is 6. The van der Waals surface area contributed by atoms with Crippen LogP contribution in [0.15, 0.2) is 30.6 Å². The molecule has 0 unspecified atom stereocenters. The van der Waals surface area contributed by atoms with Crippen molar-refractivity contribution in [1.29, 1.82) is 0 Å². The minimum atomic E-state index is -0.646. The van der Waals surface area contributed by atoms with E-state index >= 15 is 0 Å². The fourth-order valence-corrected chi connectivity index (χ4v) is 3.67. The molecule has 0 saturated carbocycles. The van der Waals surface area contributed by atoms with E-state index in [-0.39, 0.29) is 34.2 Å². The van der Waals surface area contributed by atoms with E-state index in [9.17, 15) is 13.6 Å². The van der Waals surface area contributed by atoms with Gasteiger partial charge in [-0.3, -0.25) is 14.6 Å². The zero-order chi connectivity index (χ0) is 18.7. The number of hydroxylamine groups is 1. The Bertz CT molecular complexity index is 967. The van der Waals surface area contributed by atoms with Gasteiger partial charge in [-0.2, -0.15) is 0 Å². The van der Waals surface area contributed by atoms with E-state index in [1.54, 1.807) is 6.07 Å². The standard InChI is InChI=1S/C16H12F2IN3O3S/c17-10-5-8(19)1-2-12(10)21-13-9-6-20-7-11(18)14(9)26-15(13)16(24)22-25-4-3-23/h1-2,5-7,21,23H,3-4H2,(H,22,24). The fourth-order valence-electron chi connectivity index (χ4n) is 2.20. The number of fused-ring (bicyclic) bond motifs is 1. The maximum Gasteiger partial charge on any atom is 0.287 e. The Morgan fingerprint density at radius 2 is 2.12 bits per heavy atom. The van der Waals surface area contributed by atoms with Crippen molar-refractivity contribution in [2.45, 2.75) is 0 Å². The van der Waals surface area contributed by atoms with Crippen LogP contribution in [0.1, 0.15) is 9.67 Å². The van der Waals surface area contributed by atoms with Gasteiger partial charge in [-0.05, 0) is 40.8 Å². The first-order valence-electron chi connectivity index (χ1n) is 7.32. The summed E-state index contributed by atoms with van der Waals surface area (Å²) in [7, 11) is 0. The number of thiophene rings is 1. The number of hydrogen-bond donors (Lipinski definition) is 3. The molecule has 6 nitrogen and oxygen atoms in total. The van der Waals surface area contributed by atoms with Crippen molar-refractivity contribution < 1.29 is 23.5 Å². The molecule has 2 aromatic heterocycles. The predicted octanol–water partition coefficient (Wildman–Crippen LogP) is 3.58. The highest BCUT2D eigenvalue weighted by Gasteiger charge is 2.22. The van der Waals surface area contributed by atoms with Gasteiger partial charge in [-0.1, -0.05) is 0 Å². The van der Waals surface area contributed by atoms with Crippen LogP contribution in [0.2, 0.25) is 0 Å². The van der Waals surface area contributed by atoms with Gasteiger partial charge < -0.3 is 10.4 Å². The Labute approximate surface area is 164 Å². The number of amides is 1. The van der Waals surface area contributed by atoms with Crippen LogP contribution in [0.3, 0.4) is 0 Å². The molecule has 0 atom stereocenters. The second-order valence-corrected chi connectivity index (χ2v) is 7.32. The number of aromatic nitrogens is 1. The summed E-state index contributed by atoms with van der Waals surface area (Å²) in [6, 6.07) is 4.56. The Morgan fingerprint density at radius 3 is 2.85 bits per heavy atom. The zero-order valence-electron chi connectivity index (χ0n) is 13.1. The Kier molecular flexibility index (Phi) is 5.96. The third-order valence-electron chi connectivity index (χ3n) is 3.31. The molecule has 3 N–H and O–H groups in total. The molecule has 0 spiro atoms. The zero-order valence-corrected chi connectivity index (χ0v) is 16.0. The SMILES string of the molecule is O=C(NOCCO)c1sc2c(F)cncc2c1Nc1ccc(I)cc1F. The van der Waals surface area contributed by atoms with E-state index in [2.05, 4.69) is 15.8 Å². The summed E-state index contributed by atoms with van der Waals surface area (Å²) in [6.45, 7) is -0.370. The lowest BCUT2D eigenvalue weighted by Gasteiger charge is -2.10. The smallest absolute Gasteiger partial charge is 0.287 e. The highest BCUT2D eigenvalue weighted by molar-refractivity contribution is 14.1. The number of aliphatic hydroxyl groups excluding tert-OH is 1. The first kappa shape index (κ1) is 18.9. The van der Waals surface area contributed by atoms with Gasteiger partial charge in [0.15, 0.2) is 5.82 Å². The molecule has 3 rings (SSSR count).